The average molecular weight is 264 g/mol. The Hall–Kier alpha value is -1.42. The van der Waals surface area contributed by atoms with E-state index in [1.807, 2.05) is 20.0 Å². The van der Waals surface area contributed by atoms with Crippen molar-refractivity contribution in [3.05, 3.63) is 35.4 Å². The quantitative estimate of drug-likeness (QED) is 0.850. The van der Waals surface area contributed by atoms with Gasteiger partial charge in [-0.1, -0.05) is 38.2 Å². The monoisotopic (exact) mass is 264 g/mol. The minimum absolute atomic E-state index is 0.00528. The Balaban J connectivity index is 2.97. The second kappa shape index (κ2) is 5.96. The third kappa shape index (κ3) is 3.29. The van der Waals surface area contributed by atoms with E-state index < -0.39 is 0 Å². The molecule has 1 unspecified atom stereocenters. The van der Waals surface area contributed by atoms with Crippen LogP contribution in [0.5, 0.6) is 0 Å². The summed E-state index contributed by atoms with van der Waals surface area (Å²) in [6.45, 7) is 6.24. The Kier molecular flexibility index (Phi) is 4.84. The van der Waals surface area contributed by atoms with Crippen molar-refractivity contribution in [3.8, 4) is 0 Å². The van der Waals surface area contributed by atoms with Crippen LogP contribution in [0.1, 0.15) is 36.7 Å². The third-order valence-corrected chi connectivity index (χ3v) is 3.53. The zero-order chi connectivity index (χ0) is 13.9. The van der Waals surface area contributed by atoms with Crippen molar-refractivity contribution in [3.63, 3.8) is 0 Å². The Labute approximate surface area is 114 Å². The number of carbonyl (C=O) groups is 1. The molecule has 98 valence electrons. The number of hydrogen-bond donors (Lipinski definition) is 1. The Morgan fingerprint density at radius 2 is 1.83 bits per heavy atom. The normalized spacial score (nSPS) is 12.3. The van der Waals surface area contributed by atoms with Gasteiger partial charge in [0.15, 0.2) is 0 Å². The molecule has 0 bridgehead atoms. The fraction of sp³-hybridized carbons (Fsp3) is 0.429. The van der Waals surface area contributed by atoms with Crippen molar-refractivity contribution in [2.45, 2.75) is 26.8 Å². The second-order valence-corrected chi connectivity index (χ2v) is 5.29. The largest absolute Gasteiger partial charge is 0.389 e. The topological polar surface area (TPSA) is 46.3 Å². The fourth-order valence-electron chi connectivity index (χ4n) is 1.64. The van der Waals surface area contributed by atoms with Gasteiger partial charge in [-0.05, 0) is 25.0 Å². The maximum absolute atomic E-state index is 12.3. The first-order valence-electron chi connectivity index (χ1n) is 6.01. The van der Waals surface area contributed by atoms with E-state index in [2.05, 4.69) is 13.8 Å². The molecule has 1 atom stereocenters. The van der Waals surface area contributed by atoms with E-state index in [9.17, 15) is 4.79 Å². The van der Waals surface area contributed by atoms with E-state index in [1.165, 1.54) is 0 Å². The number of nitrogens with two attached hydrogens (primary N) is 1. The fourth-order valence-corrected chi connectivity index (χ4v) is 1.77. The van der Waals surface area contributed by atoms with Gasteiger partial charge in [0.25, 0.3) is 5.91 Å². The number of nitrogens with zero attached hydrogens (tertiary/aromatic N) is 1. The van der Waals surface area contributed by atoms with Gasteiger partial charge in [0.2, 0.25) is 0 Å². The molecule has 18 heavy (non-hydrogen) atoms. The first-order chi connectivity index (χ1) is 8.34. The van der Waals surface area contributed by atoms with Crippen LogP contribution < -0.4 is 5.73 Å². The zero-order valence-electron chi connectivity index (χ0n) is 11.3. The van der Waals surface area contributed by atoms with E-state index in [0.29, 0.717) is 16.5 Å². The van der Waals surface area contributed by atoms with E-state index in [-0.39, 0.29) is 11.9 Å². The van der Waals surface area contributed by atoms with Gasteiger partial charge in [-0.3, -0.25) is 4.79 Å². The number of hydrogen-bond acceptors (Lipinski definition) is 2. The van der Waals surface area contributed by atoms with E-state index in [1.54, 1.807) is 23.1 Å². The SMILES string of the molecule is CC(C)C(C)N(C)C(=O)c1cccc(C(N)=S)c1. The van der Waals surface area contributed by atoms with Gasteiger partial charge >= 0.3 is 0 Å². The van der Waals surface area contributed by atoms with Gasteiger partial charge in [-0.2, -0.15) is 0 Å². The van der Waals surface area contributed by atoms with Crippen molar-refractivity contribution in [2.24, 2.45) is 11.7 Å². The van der Waals surface area contributed by atoms with Gasteiger partial charge in [0.1, 0.15) is 4.99 Å². The van der Waals surface area contributed by atoms with Crippen molar-refractivity contribution in [1.29, 1.82) is 0 Å². The van der Waals surface area contributed by atoms with Crippen molar-refractivity contribution in [1.82, 2.24) is 4.90 Å². The maximum atomic E-state index is 12.3. The molecule has 2 N–H and O–H groups in total. The molecule has 4 heteroatoms. The molecule has 1 aromatic carbocycles. The van der Waals surface area contributed by atoms with Crippen LogP contribution in [0.3, 0.4) is 0 Å². The van der Waals surface area contributed by atoms with Crippen molar-refractivity contribution >= 4 is 23.1 Å². The molecule has 0 saturated carbocycles. The first-order valence-corrected chi connectivity index (χ1v) is 6.42. The molecule has 1 aromatic rings. The molecule has 0 saturated heterocycles. The molecule has 1 amide bonds. The number of thiocarbonyl (C=S) groups is 1. The summed E-state index contributed by atoms with van der Waals surface area (Å²) >= 11 is 4.92. The summed E-state index contributed by atoms with van der Waals surface area (Å²) in [4.78, 5) is 14.4. The highest BCUT2D eigenvalue weighted by Gasteiger charge is 2.20. The molecule has 1 rings (SSSR count). The first kappa shape index (κ1) is 14.6. The lowest BCUT2D eigenvalue weighted by atomic mass is 10.0. The maximum Gasteiger partial charge on any atom is 0.253 e. The minimum Gasteiger partial charge on any atom is -0.389 e. The molecular formula is C14H20N2OS. The van der Waals surface area contributed by atoms with Gasteiger partial charge in [-0.15, -0.1) is 0 Å². The molecule has 0 aliphatic heterocycles. The molecule has 0 aromatic heterocycles. The predicted molar refractivity (Wildman–Crippen MR) is 78.7 cm³/mol. The number of benzene rings is 1. The molecule has 0 aliphatic rings. The summed E-state index contributed by atoms with van der Waals surface area (Å²) in [5.41, 5.74) is 6.92. The summed E-state index contributed by atoms with van der Waals surface area (Å²) in [5.74, 6) is 0.409. The van der Waals surface area contributed by atoms with Crippen LogP contribution in [-0.4, -0.2) is 28.9 Å². The summed E-state index contributed by atoms with van der Waals surface area (Å²) in [7, 11) is 1.82. The summed E-state index contributed by atoms with van der Waals surface area (Å²) < 4.78 is 0. The zero-order valence-corrected chi connectivity index (χ0v) is 12.1. The Morgan fingerprint density at radius 3 is 2.33 bits per heavy atom. The highest BCUT2D eigenvalue weighted by molar-refractivity contribution is 7.80. The van der Waals surface area contributed by atoms with Gasteiger partial charge in [-0.25, -0.2) is 0 Å². The molecule has 0 fully saturated rings. The summed E-state index contributed by atoms with van der Waals surface area (Å²) in [6, 6.07) is 7.33. The minimum atomic E-state index is -0.00528. The van der Waals surface area contributed by atoms with E-state index >= 15 is 0 Å². The van der Waals surface area contributed by atoms with E-state index in [0.717, 1.165) is 5.56 Å². The molecule has 0 spiro atoms. The van der Waals surface area contributed by atoms with Crippen molar-refractivity contribution < 1.29 is 4.79 Å². The van der Waals surface area contributed by atoms with Crippen LogP contribution in [0.25, 0.3) is 0 Å². The lowest BCUT2D eigenvalue weighted by Gasteiger charge is -2.28. The molecule has 0 aliphatic carbocycles. The predicted octanol–water partition coefficient (Wildman–Crippen LogP) is 2.44. The lowest BCUT2D eigenvalue weighted by molar-refractivity contribution is 0.0707. The van der Waals surface area contributed by atoms with Crippen LogP contribution in [0.2, 0.25) is 0 Å². The third-order valence-electron chi connectivity index (χ3n) is 3.29. The van der Waals surface area contributed by atoms with Crippen LogP contribution in [0.15, 0.2) is 24.3 Å². The van der Waals surface area contributed by atoms with E-state index in [4.69, 9.17) is 18.0 Å². The van der Waals surface area contributed by atoms with Crippen LogP contribution >= 0.6 is 12.2 Å². The number of amides is 1. The highest BCUT2D eigenvalue weighted by atomic mass is 32.1. The van der Waals surface area contributed by atoms with Gasteiger partial charge in [0.05, 0.1) is 0 Å². The number of carbonyl (C=O) groups excluding carboxylic acids is 1. The van der Waals surface area contributed by atoms with Gasteiger partial charge in [0, 0.05) is 24.2 Å². The number of rotatable bonds is 4. The molecule has 3 nitrogen and oxygen atoms in total. The molecule has 0 heterocycles. The molecule has 0 radical (unpaired) electrons. The van der Waals surface area contributed by atoms with Crippen LogP contribution in [0.4, 0.5) is 0 Å². The average Bonchev–Trinajstić information content (AvgIpc) is 2.36. The van der Waals surface area contributed by atoms with Crippen molar-refractivity contribution in [2.75, 3.05) is 7.05 Å². The standard InChI is InChI=1S/C14H20N2OS/c1-9(2)10(3)16(4)14(17)12-7-5-6-11(8-12)13(15)18/h5-10H,1-4H3,(H2,15,18). The summed E-state index contributed by atoms with van der Waals surface area (Å²) in [5, 5.41) is 0. The Morgan fingerprint density at radius 1 is 1.28 bits per heavy atom. The van der Waals surface area contributed by atoms with Crippen LogP contribution in [0, 0.1) is 5.92 Å². The lowest BCUT2D eigenvalue weighted by Crippen LogP contribution is -2.38. The highest BCUT2D eigenvalue weighted by Crippen LogP contribution is 2.13. The Bertz CT molecular complexity index is 457. The summed E-state index contributed by atoms with van der Waals surface area (Å²) in [6.07, 6.45) is 0. The molecular weight excluding hydrogens is 244 g/mol. The smallest absolute Gasteiger partial charge is 0.253 e. The van der Waals surface area contributed by atoms with Gasteiger partial charge < -0.3 is 10.6 Å². The van der Waals surface area contributed by atoms with Crippen LogP contribution in [-0.2, 0) is 0 Å². The second-order valence-electron chi connectivity index (χ2n) is 4.85.